The molecular weight excluding hydrogens is 244 g/mol. The van der Waals surface area contributed by atoms with E-state index in [0.717, 1.165) is 0 Å². The van der Waals surface area contributed by atoms with Gasteiger partial charge in [0.05, 0.1) is 11.8 Å². The maximum absolute atomic E-state index is 5.40. The minimum atomic E-state index is 0.287. The molecule has 0 aliphatic rings. The van der Waals surface area contributed by atoms with Crippen molar-refractivity contribution in [3.63, 3.8) is 0 Å². The molecule has 8 heteroatoms. The van der Waals surface area contributed by atoms with Gasteiger partial charge in [0.1, 0.15) is 10.2 Å². The highest BCUT2D eigenvalue weighted by molar-refractivity contribution is 7.71. The Bertz CT molecular complexity index is 594. The van der Waals surface area contributed by atoms with Crippen LogP contribution in [0.15, 0.2) is 23.4 Å². The van der Waals surface area contributed by atoms with Crippen LogP contribution in [0, 0.1) is 4.64 Å². The molecular formula is C8H8N6S2. The first-order valence-corrected chi connectivity index (χ1v) is 5.63. The third-order valence-corrected chi connectivity index (χ3v) is 2.49. The number of anilines is 1. The Morgan fingerprint density at radius 1 is 1.44 bits per heavy atom. The highest BCUT2D eigenvalue weighted by Crippen LogP contribution is 2.06. The number of hydrogen-bond acceptors (Lipinski definition) is 6. The van der Waals surface area contributed by atoms with E-state index in [1.54, 1.807) is 23.0 Å². The van der Waals surface area contributed by atoms with Crippen LogP contribution in [-0.2, 0) is 0 Å². The zero-order valence-corrected chi connectivity index (χ0v) is 9.68. The van der Waals surface area contributed by atoms with Gasteiger partial charge in [0.25, 0.3) is 0 Å². The van der Waals surface area contributed by atoms with E-state index in [9.17, 15) is 0 Å². The second-order valence-corrected chi connectivity index (χ2v) is 3.89. The molecule has 0 saturated carbocycles. The first-order chi connectivity index (χ1) is 7.77. The van der Waals surface area contributed by atoms with Gasteiger partial charge in [-0.3, -0.25) is 4.98 Å². The maximum atomic E-state index is 5.40. The number of nitrogens with one attached hydrogen (secondary N) is 2. The molecule has 3 heterocycles. The van der Waals surface area contributed by atoms with Crippen molar-refractivity contribution in [2.75, 3.05) is 5.73 Å². The molecule has 4 N–H and O–H groups in total. The second kappa shape index (κ2) is 4.81. The number of aromatic nitrogens is 5. The molecule has 3 aromatic heterocycles. The lowest BCUT2D eigenvalue weighted by Gasteiger charge is -1.91. The molecule has 0 aliphatic carbocycles. The van der Waals surface area contributed by atoms with E-state index in [1.165, 1.54) is 6.33 Å². The van der Waals surface area contributed by atoms with Gasteiger partial charge in [-0.15, -0.1) is 11.3 Å². The summed E-state index contributed by atoms with van der Waals surface area (Å²) in [5, 5.41) is 1.93. The average Bonchev–Trinajstić information content (AvgIpc) is 2.90. The van der Waals surface area contributed by atoms with Crippen LogP contribution in [-0.4, -0.2) is 24.9 Å². The van der Waals surface area contributed by atoms with Crippen LogP contribution in [0.3, 0.4) is 0 Å². The normalized spacial score (nSPS) is 9.75. The largest absolute Gasteiger partial charge is 0.369 e. The minimum Gasteiger partial charge on any atom is -0.369 e. The quantitative estimate of drug-likeness (QED) is 0.529. The summed E-state index contributed by atoms with van der Waals surface area (Å²) in [4.78, 5) is 17.1. The molecule has 0 saturated heterocycles. The number of H-pyrrole nitrogens is 2. The van der Waals surface area contributed by atoms with E-state index in [1.807, 2.05) is 5.38 Å². The van der Waals surface area contributed by atoms with Crippen molar-refractivity contribution in [3.05, 3.63) is 28.1 Å². The van der Waals surface area contributed by atoms with Crippen LogP contribution in [0.4, 0.5) is 5.95 Å². The first-order valence-electron chi connectivity index (χ1n) is 4.28. The summed E-state index contributed by atoms with van der Waals surface area (Å²) >= 11 is 6.55. The number of hydrogen-bond donors (Lipinski definition) is 3. The summed E-state index contributed by atoms with van der Waals surface area (Å²) in [6.45, 7) is 0. The molecule has 0 atom stereocenters. The number of imidazole rings is 1. The number of nitrogens with zero attached hydrogens (tertiary/aromatic N) is 3. The molecule has 0 aliphatic heterocycles. The van der Waals surface area contributed by atoms with Crippen molar-refractivity contribution < 1.29 is 0 Å². The predicted molar refractivity (Wildman–Crippen MR) is 65.6 cm³/mol. The molecule has 6 nitrogen and oxygen atoms in total. The minimum absolute atomic E-state index is 0.287. The number of rotatable bonds is 0. The van der Waals surface area contributed by atoms with Gasteiger partial charge < -0.3 is 15.7 Å². The Morgan fingerprint density at radius 3 is 2.94 bits per heavy atom. The number of fused-ring (bicyclic) bond motifs is 1. The molecule has 0 unspecified atom stereocenters. The molecule has 3 rings (SSSR count). The molecule has 0 bridgehead atoms. The van der Waals surface area contributed by atoms with Crippen LogP contribution in [0.1, 0.15) is 0 Å². The summed E-state index contributed by atoms with van der Waals surface area (Å²) < 4.78 is 0.532. The van der Waals surface area contributed by atoms with Crippen LogP contribution in [0.25, 0.3) is 11.2 Å². The van der Waals surface area contributed by atoms with Crippen molar-refractivity contribution in [1.82, 2.24) is 24.9 Å². The lowest BCUT2D eigenvalue weighted by molar-refractivity contribution is 1.20. The molecule has 0 radical (unpaired) electrons. The van der Waals surface area contributed by atoms with Crippen molar-refractivity contribution in [3.8, 4) is 0 Å². The van der Waals surface area contributed by atoms with Gasteiger partial charge in [-0.25, -0.2) is 4.98 Å². The molecule has 0 spiro atoms. The Hall–Kier alpha value is -1.80. The Kier molecular flexibility index (Phi) is 3.22. The van der Waals surface area contributed by atoms with Gasteiger partial charge in [0, 0.05) is 11.6 Å². The Balaban J connectivity index is 0.000000162. The second-order valence-electron chi connectivity index (χ2n) is 2.73. The lowest BCUT2D eigenvalue weighted by atomic mass is 10.6. The van der Waals surface area contributed by atoms with Gasteiger partial charge in [0.15, 0.2) is 5.65 Å². The van der Waals surface area contributed by atoms with Crippen molar-refractivity contribution in [1.29, 1.82) is 0 Å². The SMILES string of the molecule is Nc1nc2nc[nH]c2c(=S)[nH]1.c1cscn1. The molecule has 0 fully saturated rings. The van der Waals surface area contributed by atoms with E-state index in [2.05, 4.69) is 24.9 Å². The number of aromatic amines is 2. The van der Waals surface area contributed by atoms with Crippen molar-refractivity contribution >= 4 is 40.7 Å². The molecule has 16 heavy (non-hydrogen) atoms. The predicted octanol–water partition coefficient (Wildman–Crippen LogP) is 1.74. The van der Waals surface area contributed by atoms with Crippen LogP contribution < -0.4 is 5.73 Å². The van der Waals surface area contributed by atoms with E-state index in [-0.39, 0.29) is 5.95 Å². The summed E-state index contributed by atoms with van der Waals surface area (Å²) in [7, 11) is 0. The molecule has 0 aromatic carbocycles. The lowest BCUT2D eigenvalue weighted by Crippen LogP contribution is -1.94. The standard InChI is InChI=1S/C5H5N5S.C3H3NS/c6-5-9-3-2(4(11)10-5)7-1-8-3;1-2-5-3-4-1/h1H,(H4,6,7,8,9,10,11);1-3H. The van der Waals surface area contributed by atoms with Crippen LogP contribution in [0.2, 0.25) is 0 Å². The van der Waals surface area contributed by atoms with Gasteiger partial charge in [-0.2, -0.15) is 4.98 Å². The smallest absolute Gasteiger partial charge is 0.200 e. The first kappa shape index (κ1) is 10.7. The Morgan fingerprint density at radius 2 is 2.31 bits per heavy atom. The zero-order chi connectivity index (χ0) is 11.4. The summed E-state index contributed by atoms with van der Waals surface area (Å²) in [5.74, 6) is 0.287. The van der Waals surface area contributed by atoms with E-state index in [4.69, 9.17) is 18.0 Å². The molecule has 3 aromatic rings. The van der Waals surface area contributed by atoms with E-state index >= 15 is 0 Å². The number of thiazole rings is 1. The third kappa shape index (κ3) is 2.41. The van der Waals surface area contributed by atoms with Gasteiger partial charge in [-0.05, 0) is 0 Å². The fraction of sp³-hybridized carbons (Fsp3) is 0. The Labute approximate surface area is 99.6 Å². The average molecular weight is 252 g/mol. The van der Waals surface area contributed by atoms with E-state index in [0.29, 0.717) is 15.8 Å². The van der Waals surface area contributed by atoms with Crippen molar-refractivity contribution in [2.45, 2.75) is 0 Å². The summed E-state index contributed by atoms with van der Waals surface area (Å²) in [6, 6.07) is 0. The fourth-order valence-electron chi connectivity index (χ4n) is 1.04. The number of nitrogen functional groups attached to an aromatic ring is 1. The molecule has 82 valence electrons. The van der Waals surface area contributed by atoms with Gasteiger partial charge in [0.2, 0.25) is 5.95 Å². The fourth-order valence-corrected chi connectivity index (χ4v) is 1.64. The topological polar surface area (TPSA) is 96.3 Å². The molecule has 0 amide bonds. The zero-order valence-electron chi connectivity index (χ0n) is 8.04. The summed E-state index contributed by atoms with van der Waals surface area (Å²) in [5.41, 5.74) is 8.45. The highest BCUT2D eigenvalue weighted by Gasteiger charge is 1.99. The van der Waals surface area contributed by atoms with Crippen LogP contribution >= 0.6 is 23.6 Å². The summed E-state index contributed by atoms with van der Waals surface area (Å²) in [6.07, 6.45) is 3.30. The number of nitrogens with two attached hydrogens (primary N) is 1. The monoisotopic (exact) mass is 252 g/mol. The highest BCUT2D eigenvalue weighted by atomic mass is 32.1. The third-order valence-electron chi connectivity index (χ3n) is 1.66. The van der Waals surface area contributed by atoms with Gasteiger partial charge in [-0.1, -0.05) is 12.2 Å². The maximum Gasteiger partial charge on any atom is 0.200 e. The van der Waals surface area contributed by atoms with Crippen molar-refractivity contribution in [2.24, 2.45) is 0 Å². The van der Waals surface area contributed by atoms with Crippen LogP contribution in [0.5, 0.6) is 0 Å². The van der Waals surface area contributed by atoms with E-state index < -0.39 is 0 Å². The van der Waals surface area contributed by atoms with Gasteiger partial charge >= 0.3 is 0 Å².